The molecule has 1 heterocycles. The molecule has 102 valence electrons. The van der Waals surface area contributed by atoms with Gasteiger partial charge in [-0.2, -0.15) is 0 Å². The van der Waals surface area contributed by atoms with Crippen molar-refractivity contribution < 1.29 is 4.79 Å². The molecule has 0 aromatic rings. The Labute approximate surface area is 111 Å². The monoisotopic (exact) mass is 250 g/mol. The average Bonchev–Trinajstić information content (AvgIpc) is 2.98. The molecule has 0 aromatic heterocycles. The Bertz CT molecular complexity index is 337. The topological polar surface area (TPSA) is 32.3 Å². The number of nitrogens with one attached hydrogen (secondary N) is 1. The van der Waals surface area contributed by atoms with Gasteiger partial charge in [-0.25, -0.2) is 0 Å². The summed E-state index contributed by atoms with van der Waals surface area (Å²) in [5.74, 6) is 2.41. The van der Waals surface area contributed by atoms with Crippen LogP contribution >= 0.6 is 0 Å². The maximum atomic E-state index is 11.9. The first-order valence-electron chi connectivity index (χ1n) is 7.26. The number of hydrogen-bond donors (Lipinski definition) is 1. The molecular formula is C15H26N2O. The SMILES string of the molecule is C=C(NCCC(C)C)C1[C@H]2C[C@H]2CN1C(=O)CC. The number of carbonyl (C=O) groups excluding carboxylic acids is 1. The van der Waals surface area contributed by atoms with Gasteiger partial charge in [0.15, 0.2) is 0 Å². The van der Waals surface area contributed by atoms with Gasteiger partial charge in [0.2, 0.25) is 5.91 Å². The molecule has 1 saturated carbocycles. The molecule has 1 aliphatic carbocycles. The maximum Gasteiger partial charge on any atom is 0.222 e. The zero-order valence-electron chi connectivity index (χ0n) is 11.9. The second-order valence-electron chi connectivity index (χ2n) is 6.14. The van der Waals surface area contributed by atoms with Crippen LogP contribution in [0.1, 0.15) is 40.0 Å². The van der Waals surface area contributed by atoms with Crippen LogP contribution < -0.4 is 5.32 Å². The summed E-state index contributed by atoms with van der Waals surface area (Å²) in [5.41, 5.74) is 1.06. The molecule has 0 bridgehead atoms. The van der Waals surface area contributed by atoms with Crippen LogP contribution in [0.25, 0.3) is 0 Å². The first-order chi connectivity index (χ1) is 8.54. The quantitative estimate of drug-likeness (QED) is 0.785. The molecule has 3 nitrogen and oxygen atoms in total. The van der Waals surface area contributed by atoms with Gasteiger partial charge in [0.1, 0.15) is 0 Å². The number of piperidine rings is 1. The molecule has 0 radical (unpaired) electrons. The molecule has 18 heavy (non-hydrogen) atoms. The molecule has 2 fully saturated rings. The zero-order chi connectivity index (χ0) is 13.3. The number of nitrogens with zero attached hydrogens (tertiary/aromatic N) is 1. The highest BCUT2D eigenvalue weighted by atomic mass is 16.2. The lowest BCUT2D eigenvalue weighted by Crippen LogP contribution is -2.42. The van der Waals surface area contributed by atoms with Gasteiger partial charge >= 0.3 is 0 Å². The molecule has 1 aliphatic heterocycles. The normalized spacial score (nSPS) is 29.3. The fourth-order valence-corrected chi connectivity index (χ4v) is 3.00. The van der Waals surface area contributed by atoms with Crippen molar-refractivity contribution in [3.8, 4) is 0 Å². The number of hydrogen-bond acceptors (Lipinski definition) is 2. The number of amides is 1. The highest BCUT2D eigenvalue weighted by molar-refractivity contribution is 5.77. The second-order valence-corrected chi connectivity index (χ2v) is 6.14. The predicted molar refractivity (Wildman–Crippen MR) is 74.0 cm³/mol. The standard InChI is InChI=1S/C15H26N2O/c1-5-14(18)17-9-12-8-13(12)15(17)11(4)16-7-6-10(2)3/h10,12-13,15-16H,4-9H2,1-3H3/t12-,13-,15?/m0/s1. The van der Waals surface area contributed by atoms with E-state index in [1.165, 1.54) is 6.42 Å². The minimum absolute atomic E-state index is 0.259. The van der Waals surface area contributed by atoms with E-state index < -0.39 is 0 Å². The van der Waals surface area contributed by atoms with E-state index in [1.807, 2.05) is 11.8 Å². The summed E-state index contributed by atoms with van der Waals surface area (Å²) >= 11 is 0. The summed E-state index contributed by atoms with van der Waals surface area (Å²) in [6.45, 7) is 12.5. The molecular weight excluding hydrogens is 224 g/mol. The van der Waals surface area contributed by atoms with Crippen LogP contribution in [0.15, 0.2) is 12.3 Å². The van der Waals surface area contributed by atoms with Crippen molar-refractivity contribution in [2.24, 2.45) is 17.8 Å². The highest BCUT2D eigenvalue weighted by Gasteiger charge is 2.54. The van der Waals surface area contributed by atoms with Gasteiger partial charge in [0.25, 0.3) is 0 Å². The molecule has 0 spiro atoms. The molecule has 0 aromatic carbocycles. The van der Waals surface area contributed by atoms with Crippen molar-refractivity contribution in [2.45, 2.75) is 46.1 Å². The van der Waals surface area contributed by atoms with E-state index in [4.69, 9.17) is 0 Å². The molecule has 3 heteroatoms. The van der Waals surface area contributed by atoms with Gasteiger partial charge in [-0.3, -0.25) is 4.79 Å². The highest BCUT2D eigenvalue weighted by Crippen LogP contribution is 2.51. The molecule has 3 atom stereocenters. The summed E-state index contributed by atoms with van der Waals surface area (Å²) in [6.07, 6.45) is 3.04. The maximum absolute atomic E-state index is 11.9. The first-order valence-corrected chi connectivity index (χ1v) is 7.26. The van der Waals surface area contributed by atoms with Crippen LogP contribution in [0, 0.1) is 17.8 Å². The van der Waals surface area contributed by atoms with Crippen molar-refractivity contribution in [2.75, 3.05) is 13.1 Å². The molecule has 1 saturated heterocycles. The fraction of sp³-hybridized carbons (Fsp3) is 0.800. The van der Waals surface area contributed by atoms with Gasteiger partial charge in [-0.05, 0) is 30.6 Å². The molecule has 2 rings (SSSR count). The lowest BCUT2D eigenvalue weighted by atomic mass is 10.1. The van der Waals surface area contributed by atoms with Crippen molar-refractivity contribution >= 4 is 5.91 Å². The number of carbonyl (C=O) groups is 1. The van der Waals surface area contributed by atoms with Crippen LogP contribution in [-0.2, 0) is 4.79 Å². The summed E-state index contributed by atoms with van der Waals surface area (Å²) in [5, 5.41) is 3.43. The Morgan fingerprint density at radius 1 is 1.50 bits per heavy atom. The Kier molecular flexibility index (Phi) is 3.98. The fourth-order valence-electron chi connectivity index (χ4n) is 3.00. The van der Waals surface area contributed by atoms with Gasteiger partial charge in [0.05, 0.1) is 6.04 Å². The summed E-state index contributed by atoms with van der Waals surface area (Å²) in [6, 6.07) is 0.259. The lowest BCUT2D eigenvalue weighted by Gasteiger charge is -2.29. The third-order valence-corrected chi connectivity index (χ3v) is 4.20. The third-order valence-electron chi connectivity index (χ3n) is 4.20. The zero-order valence-corrected chi connectivity index (χ0v) is 11.9. The van der Waals surface area contributed by atoms with Crippen LogP contribution in [0.5, 0.6) is 0 Å². The van der Waals surface area contributed by atoms with E-state index in [9.17, 15) is 4.79 Å². The van der Waals surface area contributed by atoms with E-state index in [1.54, 1.807) is 0 Å². The van der Waals surface area contributed by atoms with Crippen molar-refractivity contribution in [1.82, 2.24) is 10.2 Å². The lowest BCUT2D eigenvalue weighted by molar-refractivity contribution is -0.131. The largest absolute Gasteiger partial charge is 0.387 e. The van der Waals surface area contributed by atoms with E-state index in [0.717, 1.165) is 31.1 Å². The number of rotatable bonds is 6. The minimum Gasteiger partial charge on any atom is -0.387 e. The van der Waals surface area contributed by atoms with Gasteiger partial charge < -0.3 is 10.2 Å². The van der Waals surface area contributed by atoms with Crippen molar-refractivity contribution in [3.05, 3.63) is 12.3 Å². The van der Waals surface area contributed by atoms with Crippen LogP contribution in [-0.4, -0.2) is 29.9 Å². The third kappa shape index (κ3) is 2.70. The molecule has 2 aliphatic rings. The smallest absolute Gasteiger partial charge is 0.222 e. The minimum atomic E-state index is 0.259. The summed E-state index contributed by atoms with van der Waals surface area (Å²) in [7, 11) is 0. The van der Waals surface area contributed by atoms with E-state index in [2.05, 4.69) is 25.7 Å². The van der Waals surface area contributed by atoms with Gasteiger partial charge in [-0.1, -0.05) is 27.4 Å². The van der Waals surface area contributed by atoms with Crippen molar-refractivity contribution in [1.29, 1.82) is 0 Å². The molecule has 1 amide bonds. The van der Waals surface area contributed by atoms with Crippen LogP contribution in [0.2, 0.25) is 0 Å². The van der Waals surface area contributed by atoms with E-state index in [0.29, 0.717) is 18.3 Å². The van der Waals surface area contributed by atoms with Crippen LogP contribution in [0.4, 0.5) is 0 Å². The number of likely N-dealkylation sites (tertiary alicyclic amines) is 1. The second kappa shape index (κ2) is 5.33. The van der Waals surface area contributed by atoms with Crippen molar-refractivity contribution in [3.63, 3.8) is 0 Å². The summed E-state index contributed by atoms with van der Waals surface area (Å²) in [4.78, 5) is 14.0. The van der Waals surface area contributed by atoms with Crippen LogP contribution in [0.3, 0.4) is 0 Å². The average molecular weight is 250 g/mol. The van der Waals surface area contributed by atoms with Gasteiger partial charge in [-0.15, -0.1) is 0 Å². The molecule has 1 N–H and O–H groups in total. The number of fused-ring (bicyclic) bond motifs is 1. The van der Waals surface area contributed by atoms with E-state index in [-0.39, 0.29) is 11.9 Å². The summed E-state index contributed by atoms with van der Waals surface area (Å²) < 4.78 is 0. The Hall–Kier alpha value is -0.990. The predicted octanol–water partition coefficient (Wildman–Crippen LogP) is 2.39. The first kappa shape index (κ1) is 13.4. The molecule has 1 unspecified atom stereocenters. The Balaban J connectivity index is 1.89. The Morgan fingerprint density at radius 3 is 2.83 bits per heavy atom. The Morgan fingerprint density at radius 2 is 2.22 bits per heavy atom. The van der Waals surface area contributed by atoms with E-state index >= 15 is 0 Å². The van der Waals surface area contributed by atoms with Gasteiger partial charge in [0, 0.05) is 25.2 Å².